The van der Waals surface area contributed by atoms with Crippen LogP contribution in [0.15, 0.2) is 59.7 Å². The smallest absolute Gasteiger partial charge is 0.189 e. The maximum absolute atomic E-state index is 11.8. The number of hydrogen-bond donors (Lipinski definition) is 1. The Hall–Kier alpha value is -2.62. The molecule has 0 saturated heterocycles. The summed E-state index contributed by atoms with van der Waals surface area (Å²) in [4.78, 5) is 16.2. The molecule has 0 unspecified atom stereocenters. The van der Waals surface area contributed by atoms with Gasteiger partial charge in [0.1, 0.15) is 0 Å². The van der Waals surface area contributed by atoms with E-state index in [9.17, 15) is 4.79 Å². The van der Waals surface area contributed by atoms with Crippen molar-refractivity contribution in [3.05, 3.63) is 70.8 Å². The minimum atomic E-state index is 0.0498. The molecular weight excluding hydrogens is 250 g/mol. The highest BCUT2D eigenvalue weighted by Gasteiger charge is 2.03. The predicted octanol–water partition coefficient (Wildman–Crippen LogP) is 2.49. The third-order valence-electron chi connectivity index (χ3n) is 3.32. The molecule has 1 aromatic carbocycles. The maximum Gasteiger partial charge on any atom is 0.189 e. The summed E-state index contributed by atoms with van der Waals surface area (Å²) in [5.41, 5.74) is 2.96. The van der Waals surface area contributed by atoms with Crippen LogP contribution in [0.5, 0.6) is 0 Å². The Morgan fingerprint density at radius 3 is 2.90 bits per heavy atom. The molecule has 4 nitrogen and oxygen atoms in total. The maximum atomic E-state index is 11.8. The molecule has 0 amide bonds. The Kier molecular flexibility index (Phi) is 3.21. The van der Waals surface area contributed by atoms with Crippen molar-refractivity contribution in [2.75, 3.05) is 12.4 Å². The monoisotopic (exact) mass is 265 g/mol. The number of anilines is 1. The molecule has 0 spiro atoms. The summed E-state index contributed by atoms with van der Waals surface area (Å²) in [6.07, 6.45) is 3.60. The zero-order chi connectivity index (χ0) is 13.9. The molecule has 100 valence electrons. The summed E-state index contributed by atoms with van der Waals surface area (Å²) in [5, 5.41) is 3.84. The van der Waals surface area contributed by atoms with Gasteiger partial charge in [-0.15, -0.1) is 0 Å². The van der Waals surface area contributed by atoms with Gasteiger partial charge in [-0.05, 0) is 24.3 Å². The van der Waals surface area contributed by atoms with Crippen LogP contribution in [0.4, 0.5) is 5.69 Å². The number of pyridine rings is 2. The third kappa shape index (κ3) is 2.28. The Balaban J connectivity index is 2.07. The molecule has 0 radical (unpaired) electrons. The molecule has 20 heavy (non-hydrogen) atoms. The number of nitrogens with zero attached hydrogens (tertiary/aromatic N) is 2. The van der Waals surface area contributed by atoms with Crippen LogP contribution in [0, 0.1) is 0 Å². The average Bonchev–Trinajstić information content (AvgIpc) is 2.51. The third-order valence-corrected chi connectivity index (χ3v) is 3.32. The fraction of sp³-hybridized carbons (Fsp3) is 0.125. The summed E-state index contributed by atoms with van der Waals surface area (Å²) < 4.78 is 2.04. The molecule has 0 atom stereocenters. The van der Waals surface area contributed by atoms with Gasteiger partial charge in [-0.25, -0.2) is 0 Å². The van der Waals surface area contributed by atoms with Gasteiger partial charge in [0.15, 0.2) is 5.43 Å². The standard InChI is InChI=1S/C16H15N3O/c1-17-12-6-8-18-13(10-12)11-19-9-7-16(20)14-4-2-3-5-15(14)19/h2-10H,11H2,1H3,(H,17,18). The van der Waals surface area contributed by atoms with Gasteiger partial charge in [-0.2, -0.15) is 0 Å². The zero-order valence-electron chi connectivity index (χ0n) is 11.2. The molecule has 0 fully saturated rings. The van der Waals surface area contributed by atoms with Crippen molar-refractivity contribution in [1.29, 1.82) is 0 Å². The summed E-state index contributed by atoms with van der Waals surface area (Å²) >= 11 is 0. The summed E-state index contributed by atoms with van der Waals surface area (Å²) in [5.74, 6) is 0. The van der Waals surface area contributed by atoms with Gasteiger partial charge >= 0.3 is 0 Å². The van der Waals surface area contributed by atoms with Crippen molar-refractivity contribution in [1.82, 2.24) is 9.55 Å². The number of fused-ring (bicyclic) bond motifs is 1. The Morgan fingerprint density at radius 2 is 2.05 bits per heavy atom. The van der Waals surface area contributed by atoms with E-state index in [1.165, 1.54) is 0 Å². The highest BCUT2D eigenvalue weighted by molar-refractivity contribution is 5.78. The lowest BCUT2D eigenvalue weighted by molar-refractivity contribution is 0.798. The molecule has 0 aliphatic carbocycles. The van der Waals surface area contributed by atoms with Gasteiger partial charge < -0.3 is 9.88 Å². The quantitative estimate of drug-likeness (QED) is 0.791. The van der Waals surface area contributed by atoms with E-state index in [4.69, 9.17) is 0 Å². The average molecular weight is 265 g/mol. The SMILES string of the molecule is CNc1ccnc(Cn2ccc(=O)c3ccccc32)c1. The van der Waals surface area contributed by atoms with Crippen LogP contribution in [0.3, 0.4) is 0 Å². The topological polar surface area (TPSA) is 46.9 Å². The van der Waals surface area contributed by atoms with Gasteiger partial charge in [0.25, 0.3) is 0 Å². The van der Waals surface area contributed by atoms with E-state index >= 15 is 0 Å². The molecule has 2 heterocycles. The number of aromatic nitrogens is 2. The lowest BCUT2D eigenvalue weighted by Crippen LogP contribution is -2.09. The second-order valence-corrected chi connectivity index (χ2v) is 4.61. The molecule has 0 aliphatic rings. The van der Waals surface area contributed by atoms with Crippen LogP contribution in [-0.2, 0) is 6.54 Å². The van der Waals surface area contributed by atoms with Crippen LogP contribution in [0.25, 0.3) is 10.9 Å². The number of para-hydroxylation sites is 1. The predicted molar refractivity (Wildman–Crippen MR) is 81.1 cm³/mol. The van der Waals surface area contributed by atoms with Crippen LogP contribution in [0.1, 0.15) is 5.69 Å². The molecule has 4 heteroatoms. The molecule has 1 N–H and O–H groups in total. The van der Waals surface area contributed by atoms with E-state index < -0.39 is 0 Å². The van der Waals surface area contributed by atoms with Gasteiger partial charge in [-0.3, -0.25) is 9.78 Å². The number of benzene rings is 1. The van der Waals surface area contributed by atoms with E-state index in [2.05, 4.69) is 10.3 Å². The Labute approximate surface area is 116 Å². The first kappa shape index (κ1) is 12.4. The zero-order valence-corrected chi connectivity index (χ0v) is 11.2. The van der Waals surface area contributed by atoms with Gasteiger partial charge in [-0.1, -0.05) is 12.1 Å². The first-order chi connectivity index (χ1) is 9.78. The first-order valence-corrected chi connectivity index (χ1v) is 6.49. The Bertz CT molecular complexity index is 808. The second kappa shape index (κ2) is 5.17. The minimum absolute atomic E-state index is 0.0498. The summed E-state index contributed by atoms with van der Waals surface area (Å²) in [6, 6.07) is 13.2. The fourth-order valence-electron chi connectivity index (χ4n) is 2.29. The minimum Gasteiger partial charge on any atom is -0.388 e. The van der Waals surface area contributed by atoms with Crippen molar-refractivity contribution in [2.24, 2.45) is 0 Å². The molecule has 2 aromatic heterocycles. The molecule has 0 aliphatic heterocycles. The van der Waals surface area contributed by atoms with E-state index in [0.29, 0.717) is 6.54 Å². The highest BCUT2D eigenvalue weighted by atomic mass is 16.1. The van der Waals surface area contributed by atoms with E-state index in [1.54, 1.807) is 12.3 Å². The Morgan fingerprint density at radius 1 is 1.20 bits per heavy atom. The fourth-order valence-corrected chi connectivity index (χ4v) is 2.29. The largest absolute Gasteiger partial charge is 0.388 e. The summed E-state index contributed by atoms with van der Waals surface area (Å²) in [7, 11) is 1.88. The molecule has 3 aromatic rings. The molecule has 0 bridgehead atoms. The van der Waals surface area contributed by atoms with Crippen LogP contribution < -0.4 is 10.7 Å². The lowest BCUT2D eigenvalue weighted by Gasteiger charge is -2.11. The van der Waals surface area contributed by atoms with Crippen molar-refractivity contribution >= 4 is 16.6 Å². The van der Waals surface area contributed by atoms with Gasteiger partial charge in [0.05, 0.1) is 17.8 Å². The van der Waals surface area contributed by atoms with Crippen LogP contribution in [-0.4, -0.2) is 16.6 Å². The van der Waals surface area contributed by atoms with Crippen molar-refractivity contribution in [3.63, 3.8) is 0 Å². The van der Waals surface area contributed by atoms with Gasteiger partial charge in [0.2, 0.25) is 0 Å². The lowest BCUT2D eigenvalue weighted by atomic mass is 10.2. The van der Waals surface area contributed by atoms with E-state index in [1.807, 2.05) is 54.2 Å². The van der Waals surface area contributed by atoms with Crippen molar-refractivity contribution in [3.8, 4) is 0 Å². The normalized spacial score (nSPS) is 10.7. The number of hydrogen-bond acceptors (Lipinski definition) is 3. The second-order valence-electron chi connectivity index (χ2n) is 4.61. The molecule has 3 rings (SSSR count). The van der Waals surface area contributed by atoms with Crippen molar-refractivity contribution in [2.45, 2.75) is 6.54 Å². The van der Waals surface area contributed by atoms with Crippen molar-refractivity contribution < 1.29 is 0 Å². The van der Waals surface area contributed by atoms with E-state index in [-0.39, 0.29) is 5.43 Å². The molecular formula is C16H15N3O. The van der Waals surface area contributed by atoms with Crippen LogP contribution >= 0.6 is 0 Å². The molecule has 0 saturated carbocycles. The van der Waals surface area contributed by atoms with Gasteiger partial charge in [0, 0.05) is 36.6 Å². The number of rotatable bonds is 3. The first-order valence-electron chi connectivity index (χ1n) is 6.49. The van der Waals surface area contributed by atoms with E-state index in [0.717, 1.165) is 22.3 Å². The highest BCUT2D eigenvalue weighted by Crippen LogP contribution is 2.13. The summed E-state index contributed by atoms with van der Waals surface area (Å²) in [6.45, 7) is 0.635. The number of nitrogens with one attached hydrogen (secondary N) is 1. The van der Waals surface area contributed by atoms with Crippen LogP contribution in [0.2, 0.25) is 0 Å².